The molecule has 0 bridgehead atoms. The average Bonchev–Trinajstić information content (AvgIpc) is 3.37. The molecule has 3 heterocycles. The third-order valence-electron chi connectivity index (χ3n) is 8.83. The van der Waals surface area contributed by atoms with E-state index in [1.54, 1.807) is 37.5 Å². The summed E-state index contributed by atoms with van der Waals surface area (Å²) in [6.45, 7) is 4.43. The first-order chi connectivity index (χ1) is 20.8. The van der Waals surface area contributed by atoms with Gasteiger partial charge in [0.15, 0.2) is 0 Å². The summed E-state index contributed by atoms with van der Waals surface area (Å²) in [7, 11) is 1.32. The van der Waals surface area contributed by atoms with Gasteiger partial charge in [-0.3, -0.25) is 9.88 Å². The number of alkyl halides is 2. The van der Waals surface area contributed by atoms with Crippen molar-refractivity contribution in [2.24, 2.45) is 5.92 Å². The number of ether oxygens (including phenoxy) is 3. The molecule has 2 fully saturated rings. The van der Waals surface area contributed by atoms with E-state index >= 15 is 0 Å². The summed E-state index contributed by atoms with van der Waals surface area (Å²) in [6, 6.07) is 8.78. The number of carbonyl (C=O) groups is 1. The van der Waals surface area contributed by atoms with Crippen LogP contribution in [0.25, 0.3) is 21.7 Å². The molecular weight excluding hydrogens is 558 g/mol. The van der Waals surface area contributed by atoms with Gasteiger partial charge in [-0.05, 0) is 68.0 Å². The summed E-state index contributed by atoms with van der Waals surface area (Å²) in [4.78, 5) is 19.6. The number of nitrogens with zero attached hydrogens (tertiary/aromatic N) is 2. The molecule has 10 heteroatoms. The number of hydrogen-bond donors (Lipinski definition) is 1. The summed E-state index contributed by atoms with van der Waals surface area (Å²) in [5.41, 5.74) is 2.17. The Morgan fingerprint density at radius 1 is 1.14 bits per heavy atom. The SMILES string of the molecule is COC(=O)c1c(C)oc2c1c(C(c1ccncc1)N1CCOCC1)c(O)c1ccc(OCCC3CCC(F)(F)CC3)cc12. The molecule has 1 N–H and O–H groups in total. The monoisotopic (exact) mass is 594 g/mol. The minimum Gasteiger partial charge on any atom is -0.507 e. The summed E-state index contributed by atoms with van der Waals surface area (Å²) >= 11 is 0. The molecule has 6 rings (SSSR count). The first-order valence-corrected chi connectivity index (χ1v) is 14.8. The summed E-state index contributed by atoms with van der Waals surface area (Å²) in [5, 5.41) is 13.7. The molecule has 1 saturated carbocycles. The molecule has 1 atom stereocenters. The number of phenolic OH excluding ortho intramolecular Hbond substituents is 1. The zero-order valence-electron chi connectivity index (χ0n) is 24.4. The molecule has 1 aliphatic carbocycles. The molecule has 1 unspecified atom stereocenters. The number of aryl methyl sites for hydroxylation is 1. The Kier molecular flexibility index (Phi) is 8.24. The molecule has 0 spiro atoms. The smallest absolute Gasteiger partial charge is 0.342 e. The number of fused-ring (bicyclic) bond motifs is 3. The van der Waals surface area contributed by atoms with Crippen LogP contribution < -0.4 is 4.74 Å². The summed E-state index contributed by atoms with van der Waals surface area (Å²) < 4.78 is 50.3. The lowest BCUT2D eigenvalue weighted by molar-refractivity contribution is -0.0475. The second kappa shape index (κ2) is 12.1. The molecule has 4 aromatic rings. The van der Waals surface area contributed by atoms with Crippen LogP contribution in [0.5, 0.6) is 11.5 Å². The molecule has 0 radical (unpaired) electrons. The highest BCUT2D eigenvalue weighted by molar-refractivity contribution is 6.17. The fourth-order valence-electron chi connectivity index (χ4n) is 6.55. The number of hydrogen-bond acceptors (Lipinski definition) is 8. The van der Waals surface area contributed by atoms with Gasteiger partial charge in [-0.15, -0.1) is 0 Å². The van der Waals surface area contributed by atoms with E-state index in [-0.39, 0.29) is 30.1 Å². The molecule has 2 aliphatic rings. The highest BCUT2D eigenvalue weighted by Crippen LogP contribution is 2.48. The topological polar surface area (TPSA) is 94.3 Å². The van der Waals surface area contributed by atoms with E-state index in [2.05, 4.69) is 9.88 Å². The molecule has 228 valence electrons. The predicted molar refractivity (Wildman–Crippen MR) is 157 cm³/mol. The fraction of sp³-hybridized carbons (Fsp3) is 0.455. The number of halogens is 2. The van der Waals surface area contributed by atoms with E-state index in [1.165, 1.54) is 7.11 Å². The summed E-state index contributed by atoms with van der Waals surface area (Å²) in [6.07, 6.45) is 4.96. The van der Waals surface area contributed by atoms with Crippen LogP contribution in [-0.2, 0) is 9.47 Å². The number of methoxy groups -OCH3 is 1. The Bertz CT molecular complexity index is 1610. The lowest BCUT2D eigenvalue weighted by Crippen LogP contribution is -2.39. The molecule has 1 saturated heterocycles. The summed E-state index contributed by atoms with van der Waals surface area (Å²) in [5.74, 6) is -1.92. The van der Waals surface area contributed by atoms with Crippen LogP contribution in [0.15, 0.2) is 47.1 Å². The molecule has 0 amide bonds. The number of aromatic hydroxyl groups is 1. The minimum atomic E-state index is -2.55. The Morgan fingerprint density at radius 3 is 2.56 bits per heavy atom. The van der Waals surface area contributed by atoms with Crippen molar-refractivity contribution in [2.45, 2.75) is 51.0 Å². The maximum atomic E-state index is 13.6. The number of phenols is 1. The number of benzene rings is 2. The maximum Gasteiger partial charge on any atom is 0.342 e. The van der Waals surface area contributed by atoms with Crippen molar-refractivity contribution in [3.63, 3.8) is 0 Å². The predicted octanol–water partition coefficient (Wildman–Crippen LogP) is 6.80. The van der Waals surface area contributed by atoms with Gasteiger partial charge in [-0.25, -0.2) is 13.6 Å². The van der Waals surface area contributed by atoms with Gasteiger partial charge in [0.25, 0.3) is 0 Å². The second-order valence-electron chi connectivity index (χ2n) is 11.5. The lowest BCUT2D eigenvalue weighted by atomic mass is 9.85. The number of carbonyl (C=O) groups excluding carboxylic acids is 1. The van der Waals surface area contributed by atoms with Crippen molar-refractivity contribution < 1.29 is 37.3 Å². The zero-order valence-corrected chi connectivity index (χ0v) is 24.4. The maximum absolute atomic E-state index is 13.6. The van der Waals surface area contributed by atoms with Crippen LogP contribution in [0.1, 0.15) is 65.4 Å². The van der Waals surface area contributed by atoms with E-state index in [9.17, 15) is 18.7 Å². The molecule has 43 heavy (non-hydrogen) atoms. The van der Waals surface area contributed by atoms with Gasteiger partial charge in [-0.2, -0.15) is 0 Å². The standard InChI is InChI=1S/C33H36F2N2O6/c1-20-26(32(39)40-2)27-28(29(22-7-12-36-13-8-22)37-14-17-41-18-15-37)30(38)24-4-3-23(19-25(24)31(27)43-20)42-16-9-21-5-10-33(34,35)11-6-21/h3-4,7-8,12-13,19,21,29,38H,5-6,9-11,14-18H2,1-2H3. The molecule has 2 aromatic carbocycles. The van der Waals surface area contributed by atoms with Gasteiger partial charge in [0.1, 0.15) is 28.4 Å². The van der Waals surface area contributed by atoms with Crippen LogP contribution in [0.2, 0.25) is 0 Å². The number of morpholine rings is 1. The number of rotatable bonds is 8. The first kappa shape index (κ1) is 29.3. The van der Waals surface area contributed by atoms with Crippen LogP contribution in [0.4, 0.5) is 8.78 Å². The third-order valence-corrected chi connectivity index (χ3v) is 8.83. The zero-order chi connectivity index (χ0) is 30.1. The van der Waals surface area contributed by atoms with Crippen LogP contribution >= 0.6 is 0 Å². The Morgan fingerprint density at radius 2 is 1.86 bits per heavy atom. The van der Waals surface area contributed by atoms with Gasteiger partial charge < -0.3 is 23.7 Å². The Labute approximate surface area is 248 Å². The van der Waals surface area contributed by atoms with Crippen molar-refractivity contribution in [2.75, 3.05) is 40.0 Å². The number of aromatic nitrogens is 1. The van der Waals surface area contributed by atoms with Crippen molar-refractivity contribution in [1.29, 1.82) is 0 Å². The van der Waals surface area contributed by atoms with Gasteiger partial charge in [-0.1, -0.05) is 0 Å². The second-order valence-corrected chi connectivity index (χ2v) is 11.5. The Hall–Kier alpha value is -3.76. The highest BCUT2D eigenvalue weighted by Gasteiger charge is 2.36. The molecule has 2 aromatic heterocycles. The van der Waals surface area contributed by atoms with E-state index in [0.717, 1.165) is 5.56 Å². The largest absolute Gasteiger partial charge is 0.507 e. The Balaban J connectivity index is 1.45. The van der Waals surface area contributed by atoms with Gasteiger partial charge in [0, 0.05) is 60.0 Å². The van der Waals surface area contributed by atoms with Crippen molar-refractivity contribution in [3.05, 3.63) is 65.2 Å². The van der Waals surface area contributed by atoms with E-state index in [0.29, 0.717) is 91.0 Å². The number of furan rings is 1. The minimum absolute atomic E-state index is 0.0384. The van der Waals surface area contributed by atoms with Crippen LogP contribution in [-0.4, -0.2) is 66.9 Å². The van der Waals surface area contributed by atoms with Gasteiger partial charge >= 0.3 is 5.97 Å². The highest BCUT2D eigenvalue weighted by atomic mass is 19.3. The van der Waals surface area contributed by atoms with Gasteiger partial charge in [0.2, 0.25) is 5.92 Å². The van der Waals surface area contributed by atoms with E-state index < -0.39 is 17.9 Å². The van der Waals surface area contributed by atoms with Crippen molar-refractivity contribution in [1.82, 2.24) is 9.88 Å². The van der Waals surface area contributed by atoms with Crippen molar-refractivity contribution in [3.8, 4) is 11.5 Å². The van der Waals surface area contributed by atoms with Crippen LogP contribution in [0.3, 0.4) is 0 Å². The number of esters is 1. The lowest BCUT2D eigenvalue weighted by Gasteiger charge is -2.36. The quantitative estimate of drug-likeness (QED) is 0.223. The van der Waals surface area contributed by atoms with E-state index in [1.807, 2.05) is 12.1 Å². The van der Waals surface area contributed by atoms with Crippen LogP contribution in [0, 0.1) is 12.8 Å². The first-order valence-electron chi connectivity index (χ1n) is 14.8. The molecule has 8 nitrogen and oxygen atoms in total. The average molecular weight is 595 g/mol. The molecular formula is C33H36F2N2O6. The van der Waals surface area contributed by atoms with Crippen molar-refractivity contribution >= 4 is 27.7 Å². The molecule has 1 aliphatic heterocycles. The normalized spacial score (nSPS) is 18.6. The van der Waals surface area contributed by atoms with Gasteiger partial charge in [0.05, 0.1) is 33.0 Å². The third kappa shape index (κ3) is 5.78. The number of pyridine rings is 1. The fourth-order valence-corrected chi connectivity index (χ4v) is 6.55. The van der Waals surface area contributed by atoms with E-state index in [4.69, 9.17) is 18.6 Å².